The molecule has 1 heterocycles. The van der Waals surface area contributed by atoms with E-state index in [2.05, 4.69) is 5.32 Å². The van der Waals surface area contributed by atoms with Crippen molar-refractivity contribution in [1.29, 1.82) is 0 Å². The van der Waals surface area contributed by atoms with Crippen LogP contribution in [-0.2, 0) is 19.4 Å². The topological polar surface area (TPSA) is 103 Å². The van der Waals surface area contributed by atoms with Crippen molar-refractivity contribution in [2.45, 2.75) is 11.8 Å². The number of rotatable bonds is 5. The van der Waals surface area contributed by atoms with Gasteiger partial charge in [-0.3, -0.25) is 4.79 Å². The van der Waals surface area contributed by atoms with Crippen LogP contribution in [0.5, 0.6) is 0 Å². The molecule has 2 rings (SSSR count). The predicted octanol–water partition coefficient (Wildman–Crippen LogP) is 1.79. The van der Waals surface area contributed by atoms with Crippen molar-refractivity contribution in [3.63, 3.8) is 0 Å². The van der Waals surface area contributed by atoms with Gasteiger partial charge in [-0.15, -0.1) is 0 Å². The Morgan fingerprint density at radius 1 is 1.22 bits per heavy atom. The van der Waals surface area contributed by atoms with Crippen LogP contribution >= 0.6 is 0 Å². The standard InChI is InChI=1S/C15H15NO6S/c1-10-11(7-8-21-10)15(18)22-9-14(17)16-12-5-3-4-6-13(12)23(2,19)20/h3-8H,9H2,1-2H3,(H,16,17). The Hall–Kier alpha value is -2.61. The zero-order valence-electron chi connectivity index (χ0n) is 12.5. The van der Waals surface area contributed by atoms with Crippen molar-refractivity contribution in [1.82, 2.24) is 0 Å². The van der Waals surface area contributed by atoms with E-state index >= 15 is 0 Å². The summed E-state index contributed by atoms with van der Waals surface area (Å²) in [6, 6.07) is 7.41. The third kappa shape index (κ3) is 4.19. The van der Waals surface area contributed by atoms with Crippen molar-refractivity contribution in [3.8, 4) is 0 Å². The number of sulfone groups is 1. The van der Waals surface area contributed by atoms with Gasteiger partial charge < -0.3 is 14.5 Å². The third-order valence-electron chi connectivity index (χ3n) is 2.97. The Morgan fingerprint density at radius 3 is 2.52 bits per heavy atom. The molecule has 1 aromatic carbocycles. The molecule has 8 heteroatoms. The number of hydrogen-bond donors (Lipinski definition) is 1. The number of carbonyl (C=O) groups is 2. The Kier molecular flexibility index (Phi) is 4.85. The minimum Gasteiger partial charge on any atom is -0.469 e. The first-order valence-electron chi connectivity index (χ1n) is 6.59. The molecule has 122 valence electrons. The lowest BCUT2D eigenvalue weighted by molar-refractivity contribution is -0.119. The van der Waals surface area contributed by atoms with Crippen LogP contribution in [0.25, 0.3) is 0 Å². The van der Waals surface area contributed by atoms with E-state index < -0.39 is 28.3 Å². The second kappa shape index (κ2) is 6.66. The van der Waals surface area contributed by atoms with Gasteiger partial charge in [0.15, 0.2) is 16.4 Å². The van der Waals surface area contributed by atoms with Crippen molar-refractivity contribution in [2.75, 3.05) is 18.2 Å². The number of hydrogen-bond acceptors (Lipinski definition) is 6. The second-order valence-electron chi connectivity index (χ2n) is 4.78. The van der Waals surface area contributed by atoms with Crippen LogP contribution in [0.1, 0.15) is 16.1 Å². The average Bonchev–Trinajstić information content (AvgIpc) is 2.90. The molecule has 1 aromatic heterocycles. The van der Waals surface area contributed by atoms with Gasteiger partial charge in [0, 0.05) is 6.26 Å². The number of amides is 1. The summed E-state index contributed by atoms with van der Waals surface area (Å²) in [4.78, 5) is 23.6. The maximum atomic E-state index is 11.8. The first-order chi connectivity index (χ1) is 10.8. The van der Waals surface area contributed by atoms with Gasteiger partial charge in [-0.2, -0.15) is 0 Å². The number of benzene rings is 1. The number of aryl methyl sites for hydroxylation is 1. The zero-order chi connectivity index (χ0) is 17.0. The first-order valence-corrected chi connectivity index (χ1v) is 8.48. The molecular formula is C15H15NO6S. The van der Waals surface area contributed by atoms with E-state index in [4.69, 9.17) is 9.15 Å². The lowest BCUT2D eigenvalue weighted by Crippen LogP contribution is -2.22. The third-order valence-corrected chi connectivity index (χ3v) is 4.13. The molecule has 0 saturated heterocycles. The highest BCUT2D eigenvalue weighted by atomic mass is 32.2. The van der Waals surface area contributed by atoms with E-state index in [1.165, 1.54) is 24.5 Å². The molecule has 1 N–H and O–H groups in total. The second-order valence-corrected chi connectivity index (χ2v) is 6.77. The molecule has 1 amide bonds. The molecule has 0 fully saturated rings. The summed E-state index contributed by atoms with van der Waals surface area (Å²) in [5.74, 6) is -0.948. The number of para-hydroxylation sites is 1. The van der Waals surface area contributed by atoms with Crippen molar-refractivity contribution in [2.24, 2.45) is 0 Å². The maximum Gasteiger partial charge on any atom is 0.342 e. The summed E-state index contributed by atoms with van der Waals surface area (Å²) in [6.07, 6.45) is 2.38. The van der Waals surface area contributed by atoms with E-state index in [-0.39, 0.29) is 16.1 Å². The Balaban J connectivity index is 2.01. The van der Waals surface area contributed by atoms with Gasteiger partial charge in [0.2, 0.25) is 0 Å². The largest absolute Gasteiger partial charge is 0.469 e. The Labute approximate surface area is 133 Å². The minimum absolute atomic E-state index is 0.00893. The average molecular weight is 337 g/mol. The quantitative estimate of drug-likeness (QED) is 0.834. The van der Waals surface area contributed by atoms with Crippen LogP contribution < -0.4 is 5.32 Å². The number of furan rings is 1. The van der Waals surface area contributed by atoms with Gasteiger partial charge in [-0.1, -0.05) is 12.1 Å². The van der Waals surface area contributed by atoms with Crippen molar-refractivity contribution >= 4 is 27.4 Å². The number of ether oxygens (including phenoxy) is 1. The molecule has 0 aliphatic rings. The molecule has 0 atom stereocenters. The minimum atomic E-state index is -3.49. The fourth-order valence-electron chi connectivity index (χ4n) is 1.89. The predicted molar refractivity (Wildman–Crippen MR) is 81.9 cm³/mol. The van der Waals surface area contributed by atoms with Gasteiger partial charge in [-0.25, -0.2) is 13.2 Å². The lowest BCUT2D eigenvalue weighted by atomic mass is 10.3. The highest BCUT2D eigenvalue weighted by molar-refractivity contribution is 7.90. The summed E-state index contributed by atoms with van der Waals surface area (Å²) < 4.78 is 33.1. The highest BCUT2D eigenvalue weighted by Crippen LogP contribution is 2.20. The first kappa shape index (κ1) is 16.8. The smallest absolute Gasteiger partial charge is 0.342 e. The summed E-state index contributed by atoms with van der Waals surface area (Å²) in [5, 5.41) is 2.41. The fraction of sp³-hybridized carbons (Fsp3) is 0.200. The summed E-state index contributed by atoms with van der Waals surface area (Å²) in [6.45, 7) is 1.06. The normalized spacial score (nSPS) is 11.0. The number of carbonyl (C=O) groups excluding carboxylic acids is 2. The summed E-state index contributed by atoms with van der Waals surface area (Å²) >= 11 is 0. The van der Waals surface area contributed by atoms with Gasteiger partial charge in [0.05, 0.1) is 16.8 Å². The van der Waals surface area contributed by atoms with E-state index in [0.29, 0.717) is 5.76 Å². The lowest BCUT2D eigenvalue weighted by Gasteiger charge is -2.09. The molecule has 0 unspecified atom stereocenters. The molecular weight excluding hydrogens is 322 g/mol. The van der Waals surface area contributed by atoms with Gasteiger partial charge >= 0.3 is 5.97 Å². The van der Waals surface area contributed by atoms with Gasteiger partial charge in [-0.05, 0) is 25.1 Å². The highest BCUT2D eigenvalue weighted by Gasteiger charge is 2.17. The molecule has 0 bridgehead atoms. The molecule has 7 nitrogen and oxygen atoms in total. The molecule has 0 spiro atoms. The van der Waals surface area contributed by atoms with Crippen LogP contribution in [0.4, 0.5) is 5.69 Å². The SMILES string of the molecule is Cc1occc1C(=O)OCC(=O)Nc1ccccc1S(C)(=O)=O. The molecule has 0 saturated carbocycles. The van der Waals surface area contributed by atoms with E-state index in [1.54, 1.807) is 19.1 Å². The fourth-order valence-corrected chi connectivity index (χ4v) is 2.73. The van der Waals surface area contributed by atoms with Crippen molar-refractivity contribution in [3.05, 3.63) is 47.9 Å². The number of anilines is 1. The van der Waals surface area contributed by atoms with Gasteiger partial charge in [0.25, 0.3) is 5.91 Å². The number of nitrogens with one attached hydrogen (secondary N) is 1. The van der Waals surface area contributed by atoms with Crippen LogP contribution in [0, 0.1) is 6.92 Å². The Bertz CT molecular complexity index is 837. The van der Waals surface area contributed by atoms with Crippen LogP contribution in [0.2, 0.25) is 0 Å². The molecule has 23 heavy (non-hydrogen) atoms. The zero-order valence-corrected chi connectivity index (χ0v) is 13.3. The summed E-state index contributed by atoms with van der Waals surface area (Å²) in [7, 11) is -3.49. The monoisotopic (exact) mass is 337 g/mol. The molecule has 2 aromatic rings. The number of esters is 1. The van der Waals surface area contributed by atoms with E-state index in [9.17, 15) is 18.0 Å². The van der Waals surface area contributed by atoms with Crippen LogP contribution in [0.3, 0.4) is 0 Å². The maximum absolute atomic E-state index is 11.8. The molecule has 0 radical (unpaired) electrons. The molecule has 0 aliphatic heterocycles. The van der Waals surface area contributed by atoms with Crippen molar-refractivity contribution < 1.29 is 27.2 Å². The summed E-state index contributed by atoms with van der Waals surface area (Å²) in [5.41, 5.74) is 0.366. The van der Waals surface area contributed by atoms with Crippen LogP contribution in [0.15, 0.2) is 45.9 Å². The Morgan fingerprint density at radius 2 is 1.91 bits per heavy atom. The van der Waals surface area contributed by atoms with Gasteiger partial charge in [0.1, 0.15) is 11.3 Å². The van der Waals surface area contributed by atoms with Crippen LogP contribution in [-0.4, -0.2) is 33.2 Å². The molecule has 0 aliphatic carbocycles. The van der Waals surface area contributed by atoms with E-state index in [1.807, 2.05) is 0 Å². The van der Waals surface area contributed by atoms with E-state index in [0.717, 1.165) is 6.26 Å².